The number of carbonyl (C=O) groups is 1. The summed E-state index contributed by atoms with van der Waals surface area (Å²) in [6.45, 7) is 4.01. The summed E-state index contributed by atoms with van der Waals surface area (Å²) in [4.78, 5) is 22.3. The summed E-state index contributed by atoms with van der Waals surface area (Å²) in [7, 11) is 0. The van der Waals surface area contributed by atoms with Crippen LogP contribution in [0.4, 0.5) is 13.9 Å². The van der Waals surface area contributed by atoms with Crippen molar-refractivity contribution in [2.24, 2.45) is 0 Å². The number of rotatable bonds is 8. The molecule has 2 aromatic carbocycles. The third-order valence-electron chi connectivity index (χ3n) is 5.08. The minimum atomic E-state index is -0.721. The van der Waals surface area contributed by atoms with Gasteiger partial charge >= 0.3 is 0 Å². The van der Waals surface area contributed by atoms with Crippen LogP contribution in [0, 0.1) is 11.6 Å². The van der Waals surface area contributed by atoms with Gasteiger partial charge in [-0.05, 0) is 30.3 Å². The minimum Gasteiger partial charge on any atom is -0.379 e. The molecular formula is C22H23Cl2F2N3O2S2. The molecular weight excluding hydrogens is 511 g/mol. The normalized spacial score (nSPS) is 14.3. The monoisotopic (exact) mass is 533 g/mol. The summed E-state index contributed by atoms with van der Waals surface area (Å²) >= 11 is 8.62. The Kier molecular flexibility index (Phi) is 9.72. The Morgan fingerprint density at radius 3 is 2.67 bits per heavy atom. The van der Waals surface area contributed by atoms with E-state index in [1.165, 1.54) is 6.07 Å². The largest absolute Gasteiger partial charge is 0.379 e. The van der Waals surface area contributed by atoms with E-state index in [2.05, 4.69) is 9.88 Å². The zero-order chi connectivity index (χ0) is 22.5. The average Bonchev–Trinajstić information content (AvgIpc) is 3.20. The number of anilines is 1. The van der Waals surface area contributed by atoms with Crippen LogP contribution in [0.2, 0.25) is 5.02 Å². The van der Waals surface area contributed by atoms with Crippen molar-refractivity contribution in [2.75, 3.05) is 50.0 Å². The Morgan fingerprint density at radius 1 is 1.21 bits per heavy atom. The maximum absolute atomic E-state index is 14.2. The zero-order valence-electron chi connectivity index (χ0n) is 17.6. The van der Waals surface area contributed by atoms with Crippen LogP contribution in [0.25, 0.3) is 10.2 Å². The summed E-state index contributed by atoms with van der Waals surface area (Å²) in [5.41, 5.74) is 0.0890. The molecule has 1 fully saturated rings. The maximum Gasteiger partial charge on any atom is 0.229 e. The predicted octanol–water partition coefficient (Wildman–Crippen LogP) is 5.50. The van der Waals surface area contributed by atoms with Crippen molar-refractivity contribution in [3.05, 3.63) is 53.1 Å². The minimum absolute atomic E-state index is 0. The van der Waals surface area contributed by atoms with Crippen molar-refractivity contribution in [3.63, 3.8) is 0 Å². The van der Waals surface area contributed by atoms with E-state index in [9.17, 15) is 13.6 Å². The summed E-state index contributed by atoms with van der Waals surface area (Å²) in [6.07, 6.45) is 0.295. The smallest absolute Gasteiger partial charge is 0.229 e. The van der Waals surface area contributed by atoms with Crippen LogP contribution in [0.3, 0.4) is 0 Å². The molecule has 33 heavy (non-hydrogen) atoms. The van der Waals surface area contributed by atoms with Crippen LogP contribution in [0.1, 0.15) is 6.42 Å². The van der Waals surface area contributed by atoms with Crippen LogP contribution in [0.5, 0.6) is 0 Å². The number of aromatic nitrogens is 1. The molecule has 1 aliphatic rings. The third kappa shape index (κ3) is 7.00. The summed E-state index contributed by atoms with van der Waals surface area (Å²) in [5, 5.41) is 1.05. The van der Waals surface area contributed by atoms with Gasteiger partial charge in [0.15, 0.2) is 10.9 Å². The molecule has 0 spiro atoms. The van der Waals surface area contributed by atoms with Gasteiger partial charge in [-0.25, -0.2) is 13.8 Å². The Balaban J connectivity index is 0.00000306. The van der Waals surface area contributed by atoms with E-state index in [0.717, 1.165) is 35.4 Å². The summed E-state index contributed by atoms with van der Waals surface area (Å²) in [5.74, 6) is -0.889. The van der Waals surface area contributed by atoms with Gasteiger partial charge in [0.1, 0.15) is 11.3 Å². The van der Waals surface area contributed by atoms with E-state index < -0.39 is 11.6 Å². The topological polar surface area (TPSA) is 45.7 Å². The van der Waals surface area contributed by atoms with E-state index in [4.69, 9.17) is 16.3 Å². The molecule has 0 aliphatic carbocycles. The number of fused-ring (bicyclic) bond motifs is 1. The molecule has 2 heterocycles. The Labute approximate surface area is 210 Å². The first-order chi connectivity index (χ1) is 15.5. The molecule has 178 valence electrons. The molecule has 1 aromatic heterocycles. The van der Waals surface area contributed by atoms with Crippen LogP contribution in [0.15, 0.2) is 41.3 Å². The van der Waals surface area contributed by atoms with Crippen molar-refractivity contribution >= 4 is 68.4 Å². The molecule has 0 N–H and O–H groups in total. The molecule has 0 bridgehead atoms. The quantitative estimate of drug-likeness (QED) is 0.358. The van der Waals surface area contributed by atoms with Gasteiger partial charge in [0.05, 0.1) is 17.9 Å². The molecule has 4 rings (SSSR count). The number of hydrogen-bond acceptors (Lipinski definition) is 6. The van der Waals surface area contributed by atoms with Gasteiger partial charge in [-0.1, -0.05) is 22.9 Å². The first-order valence-corrected chi connectivity index (χ1v) is 12.4. The second-order valence-electron chi connectivity index (χ2n) is 7.28. The van der Waals surface area contributed by atoms with E-state index in [1.54, 1.807) is 16.7 Å². The highest BCUT2D eigenvalue weighted by Crippen LogP contribution is 2.32. The van der Waals surface area contributed by atoms with Gasteiger partial charge in [0.25, 0.3) is 0 Å². The highest BCUT2D eigenvalue weighted by atomic mass is 35.5. The summed E-state index contributed by atoms with van der Waals surface area (Å²) in [6, 6.07) is 9.52. The lowest BCUT2D eigenvalue weighted by Crippen LogP contribution is -2.43. The number of benzene rings is 2. The Morgan fingerprint density at radius 2 is 1.94 bits per heavy atom. The lowest BCUT2D eigenvalue weighted by atomic mass is 10.3. The first kappa shape index (κ1) is 26.1. The predicted molar refractivity (Wildman–Crippen MR) is 133 cm³/mol. The number of hydrogen-bond donors (Lipinski definition) is 0. The second-order valence-corrected chi connectivity index (χ2v) is 9.90. The van der Waals surface area contributed by atoms with Gasteiger partial charge in [-0.3, -0.25) is 14.6 Å². The Bertz CT molecular complexity index is 1080. The average molecular weight is 534 g/mol. The van der Waals surface area contributed by atoms with E-state index in [-0.39, 0.29) is 23.8 Å². The number of halogens is 4. The number of nitrogens with zero attached hydrogens (tertiary/aromatic N) is 3. The zero-order valence-corrected chi connectivity index (χ0v) is 20.8. The third-order valence-corrected chi connectivity index (χ3v) is 7.37. The standard InChI is InChI=1S/C22H22ClF2N3O2S2.ClH/c23-15-1-3-17(4-2-15)31-12-5-20(29)28(7-6-27-8-10-30-11-9-27)22-26-21-18(25)13-16(24)14-19(21)32-22;/h1-4,13-14H,5-12H2;1H. The van der Waals surface area contributed by atoms with Crippen LogP contribution in [-0.4, -0.2) is 60.9 Å². The van der Waals surface area contributed by atoms with E-state index in [1.807, 2.05) is 24.3 Å². The van der Waals surface area contributed by atoms with Gasteiger partial charge in [0, 0.05) is 54.3 Å². The van der Waals surface area contributed by atoms with Crippen molar-refractivity contribution < 1.29 is 18.3 Å². The fourth-order valence-electron chi connectivity index (χ4n) is 3.38. The molecule has 11 heteroatoms. The molecule has 0 radical (unpaired) electrons. The van der Waals surface area contributed by atoms with Crippen molar-refractivity contribution in [3.8, 4) is 0 Å². The van der Waals surface area contributed by atoms with Crippen LogP contribution in [-0.2, 0) is 9.53 Å². The molecule has 1 saturated heterocycles. The van der Waals surface area contributed by atoms with Gasteiger partial charge < -0.3 is 4.74 Å². The molecule has 0 unspecified atom stereocenters. The van der Waals surface area contributed by atoms with E-state index in [0.29, 0.717) is 53.3 Å². The second kappa shape index (κ2) is 12.3. The first-order valence-electron chi connectivity index (χ1n) is 10.2. The highest BCUT2D eigenvalue weighted by molar-refractivity contribution is 7.99. The number of amides is 1. The van der Waals surface area contributed by atoms with Gasteiger partial charge in [-0.2, -0.15) is 0 Å². The number of thiazole rings is 1. The molecule has 1 aliphatic heterocycles. The van der Waals surface area contributed by atoms with Crippen LogP contribution < -0.4 is 4.90 Å². The molecule has 3 aromatic rings. The number of thioether (sulfide) groups is 1. The van der Waals surface area contributed by atoms with Crippen molar-refractivity contribution in [1.29, 1.82) is 0 Å². The molecule has 5 nitrogen and oxygen atoms in total. The maximum atomic E-state index is 14.2. The fourth-order valence-corrected chi connectivity index (χ4v) is 5.39. The highest BCUT2D eigenvalue weighted by Gasteiger charge is 2.22. The number of ether oxygens (including phenoxy) is 1. The van der Waals surface area contributed by atoms with Gasteiger partial charge in [0.2, 0.25) is 5.91 Å². The van der Waals surface area contributed by atoms with Crippen molar-refractivity contribution in [1.82, 2.24) is 9.88 Å². The lowest BCUT2D eigenvalue weighted by Gasteiger charge is -2.29. The fraction of sp³-hybridized carbons (Fsp3) is 0.364. The molecule has 1 amide bonds. The number of morpholine rings is 1. The van der Waals surface area contributed by atoms with Crippen molar-refractivity contribution in [2.45, 2.75) is 11.3 Å². The van der Waals surface area contributed by atoms with Crippen LogP contribution >= 0.6 is 47.1 Å². The van der Waals surface area contributed by atoms with E-state index >= 15 is 0 Å². The molecule has 0 atom stereocenters. The Hall–Kier alpha value is -1.49. The lowest BCUT2D eigenvalue weighted by molar-refractivity contribution is -0.118. The summed E-state index contributed by atoms with van der Waals surface area (Å²) < 4.78 is 33.6. The SMILES string of the molecule is Cl.O=C(CCSc1ccc(Cl)cc1)N(CCN1CCOCC1)c1nc2c(F)cc(F)cc2s1. The molecule has 0 saturated carbocycles. The van der Waals surface area contributed by atoms with Gasteiger partial charge in [-0.15, -0.1) is 24.2 Å². The number of carbonyl (C=O) groups excluding carboxylic acids is 1.